The zero-order valence-corrected chi connectivity index (χ0v) is 12.7. The second kappa shape index (κ2) is 5.96. The van der Waals surface area contributed by atoms with Crippen molar-refractivity contribution in [1.82, 2.24) is 0 Å². The molecule has 1 unspecified atom stereocenters. The van der Waals surface area contributed by atoms with E-state index in [4.69, 9.17) is 5.73 Å². The summed E-state index contributed by atoms with van der Waals surface area (Å²) in [5, 5.41) is 0. The van der Waals surface area contributed by atoms with Crippen LogP contribution in [0.2, 0.25) is 0 Å². The Kier molecular flexibility index (Phi) is 4.51. The highest BCUT2D eigenvalue weighted by molar-refractivity contribution is 5.55. The summed E-state index contributed by atoms with van der Waals surface area (Å²) < 4.78 is 0. The fourth-order valence-corrected chi connectivity index (χ4v) is 3.31. The molecule has 0 aliphatic carbocycles. The second-order valence-corrected chi connectivity index (χ2v) is 6.19. The van der Waals surface area contributed by atoms with Crippen molar-refractivity contribution in [3.8, 4) is 0 Å². The van der Waals surface area contributed by atoms with Gasteiger partial charge in [0.25, 0.3) is 0 Å². The Labute approximate surface area is 118 Å². The first-order valence-corrected chi connectivity index (χ1v) is 7.68. The third-order valence-electron chi connectivity index (χ3n) is 4.81. The summed E-state index contributed by atoms with van der Waals surface area (Å²) in [4.78, 5) is 2.57. The van der Waals surface area contributed by atoms with Crippen LogP contribution in [-0.2, 0) is 6.42 Å². The van der Waals surface area contributed by atoms with E-state index in [9.17, 15) is 0 Å². The van der Waals surface area contributed by atoms with Crippen LogP contribution in [0.5, 0.6) is 0 Å². The van der Waals surface area contributed by atoms with Crippen molar-refractivity contribution in [2.75, 3.05) is 18.0 Å². The lowest BCUT2D eigenvalue weighted by atomic mass is 9.82. The van der Waals surface area contributed by atoms with Crippen molar-refractivity contribution in [1.29, 1.82) is 0 Å². The van der Waals surface area contributed by atoms with Crippen molar-refractivity contribution in [3.63, 3.8) is 0 Å². The van der Waals surface area contributed by atoms with Crippen LogP contribution in [0.15, 0.2) is 24.3 Å². The van der Waals surface area contributed by atoms with E-state index in [1.165, 1.54) is 43.6 Å². The predicted octanol–water partition coefficient (Wildman–Crippen LogP) is 3.59. The molecule has 1 aromatic rings. The molecule has 1 aliphatic heterocycles. The molecule has 1 fully saturated rings. The first kappa shape index (κ1) is 14.4. The standard InChI is InChI=1S/C17H28N2/c1-4-17(5-2)10-11-19(13-17)16-9-7-6-8-15(16)12-14(3)18/h6-9,14H,4-5,10-13,18H2,1-3H3. The highest BCUT2D eigenvalue weighted by Gasteiger charge is 2.35. The Balaban J connectivity index is 2.19. The molecule has 0 bridgehead atoms. The maximum Gasteiger partial charge on any atom is 0.0399 e. The molecule has 1 heterocycles. The van der Waals surface area contributed by atoms with Gasteiger partial charge in [-0.2, -0.15) is 0 Å². The van der Waals surface area contributed by atoms with E-state index in [-0.39, 0.29) is 6.04 Å². The van der Waals surface area contributed by atoms with Gasteiger partial charge in [0.2, 0.25) is 0 Å². The van der Waals surface area contributed by atoms with Gasteiger partial charge in [0.15, 0.2) is 0 Å². The van der Waals surface area contributed by atoms with E-state index in [1.54, 1.807) is 0 Å². The van der Waals surface area contributed by atoms with E-state index >= 15 is 0 Å². The fraction of sp³-hybridized carbons (Fsp3) is 0.647. The molecule has 2 rings (SSSR count). The predicted molar refractivity (Wildman–Crippen MR) is 83.6 cm³/mol. The van der Waals surface area contributed by atoms with Crippen molar-refractivity contribution in [2.24, 2.45) is 11.1 Å². The molecule has 0 saturated carbocycles. The molecule has 0 aromatic heterocycles. The van der Waals surface area contributed by atoms with E-state index in [0.29, 0.717) is 5.41 Å². The summed E-state index contributed by atoms with van der Waals surface area (Å²) in [5.74, 6) is 0. The Morgan fingerprint density at radius 2 is 1.95 bits per heavy atom. The average molecular weight is 260 g/mol. The molecule has 0 radical (unpaired) electrons. The van der Waals surface area contributed by atoms with Gasteiger partial charge in [-0.1, -0.05) is 32.0 Å². The van der Waals surface area contributed by atoms with Gasteiger partial charge in [0.1, 0.15) is 0 Å². The normalized spacial score (nSPS) is 19.7. The SMILES string of the molecule is CCC1(CC)CCN(c2ccccc2CC(C)N)C1. The van der Waals surface area contributed by atoms with Crippen molar-refractivity contribution in [3.05, 3.63) is 29.8 Å². The first-order chi connectivity index (χ1) is 9.10. The number of para-hydroxylation sites is 1. The molecule has 19 heavy (non-hydrogen) atoms. The monoisotopic (exact) mass is 260 g/mol. The summed E-state index contributed by atoms with van der Waals surface area (Å²) in [6.45, 7) is 9.15. The topological polar surface area (TPSA) is 29.3 Å². The highest BCUT2D eigenvalue weighted by atomic mass is 15.2. The zero-order valence-electron chi connectivity index (χ0n) is 12.7. The van der Waals surface area contributed by atoms with E-state index in [0.717, 1.165) is 6.42 Å². The second-order valence-electron chi connectivity index (χ2n) is 6.19. The lowest BCUT2D eigenvalue weighted by Crippen LogP contribution is -2.27. The van der Waals surface area contributed by atoms with Gasteiger partial charge in [-0.05, 0) is 49.7 Å². The van der Waals surface area contributed by atoms with Crippen molar-refractivity contribution >= 4 is 5.69 Å². The lowest BCUT2D eigenvalue weighted by molar-refractivity contribution is 0.301. The van der Waals surface area contributed by atoms with E-state index in [1.807, 2.05) is 0 Å². The number of rotatable bonds is 5. The number of hydrogen-bond acceptors (Lipinski definition) is 2. The first-order valence-electron chi connectivity index (χ1n) is 7.68. The molecule has 2 N–H and O–H groups in total. The van der Waals surface area contributed by atoms with Gasteiger partial charge in [-0.25, -0.2) is 0 Å². The smallest absolute Gasteiger partial charge is 0.0399 e. The van der Waals surface area contributed by atoms with Gasteiger partial charge in [0.05, 0.1) is 0 Å². The van der Waals surface area contributed by atoms with Gasteiger partial charge in [0, 0.05) is 24.8 Å². The van der Waals surface area contributed by atoms with Gasteiger partial charge in [-0.3, -0.25) is 0 Å². The largest absolute Gasteiger partial charge is 0.371 e. The van der Waals surface area contributed by atoms with Crippen LogP contribution in [0.4, 0.5) is 5.69 Å². The van der Waals surface area contributed by atoms with Crippen molar-refractivity contribution < 1.29 is 0 Å². The van der Waals surface area contributed by atoms with Crippen LogP contribution in [0.1, 0.15) is 45.6 Å². The number of hydrogen-bond donors (Lipinski definition) is 1. The molecular formula is C17H28N2. The Morgan fingerprint density at radius 3 is 2.53 bits per heavy atom. The molecule has 1 aromatic carbocycles. The molecule has 2 nitrogen and oxygen atoms in total. The molecule has 0 amide bonds. The molecule has 106 valence electrons. The lowest BCUT2D eigenvalue weighted by Gasteiger charge is -2.28. The number of nitrogens with zero attached hydrogens (tertiary/aromatic N) is 1. The Bertz CT molecular complexity index is 407. The van der Waals surface area contributed by atoms with Crippen LogP contribution in [0.3, 0.4) is 0 Å². The molecule has 1 atom stereocenters. The summed E-state index contributed by atoms with van der Waals surface area (Å²) in [7, 11) is 0. The summed E-state index contributed by atoms with van der Waals surface area (Å²) >= 11 is 0. The molecule has 1 saturated heterocycles. The van der Waals surface area contributed by atoms with Gasteiger partial charge in [-0.15, -0.1) is 0 Å². The summed E-state index contributed by atoms with van der Waals surface area (Å²) in [5.41, 5.74) is 9.32. The zero-order chi connectivity index (χ0) is 13.9. The van der Waals surface area contributed by atoms with Gasteiger partial charge >= 0.3 is 0 Å². The van der Waals surface area contributed by atoms with Crippen molar-refractivity contribution in [2.45, 2.75) is 52.5 Å². The number of nitrogens with two attached hydrogens (primary N) is 1. The third-order valence-corrected chi connectivity index (χ3v) is 4.81. The average Bonchev–Trinajstić information content (AvgIpc) is 2.84. The highest BCUT2D eigenvalue weighted by Crippen LogP contribution is 2.39. The molecule has 2 heteroatoms. The quantitative estimate of drug-likeness (QED) is 0.876. The van der Waals surface area contributed by atoms with Crippen LogP contribution in [-0.4, -0.2) is 19.1 Å². The van der Waals surface area contributed by atoms with Gasteiger partial charge < -0.3 is 10.6 Å². The third kappa shape index (κ3) is 3.11. The molecule has 1 aliphatic rings. The maximum absolute atomic E-state index is 5.98. The summed E-state index contributed by atoms with van der Waals surface area (Å²) in [6.07, 6.45) is 4.87. The Hall–Kier alpha value is -1.02. The minimum atomic E-state index is 0.228. The van der Waals surface area contributed by atoms with Crippen LogP contribution < -0.4 is 10.6 Å². The van der Waals surface area contributed by atoms with Crippen LogP contribution in [0, 0.1) is 5.41 Å². The number of anilines is 1. The maximum atomic E-state index is 5.98. The Morgan fingerprint density at radius 1 is 1.26 bits per heavy atom. The number of benzene rings is 1. The molecular weight excluding hydrogens is 232 g/mol. The molecule has 0 spiro atoms. The summed E-state index contributed by atoms with van der Waals surface area (Å²) in [6, 6.07) is 9.00. The fourth-order valence-electron chi connectivity index (χ4n) is 3.31. The minimum Gasteiger partial charge on any atom is -0.371 e. The van der Waals surface area contributed by atoms with E-state index < -0.39 is 0 Å². The minimum absolute atomic E-state index is 0.228. The van der Waals surface area contributed by atoms with Crippen LogP contribution >= 0.6 is 0 Å². The van der Waals surface area contributed by atoms with E-state index in [2.05, 4.69) is 49.9 Å². The van der Waals surface area contributed by atoms with Crippen LogP contribution in [0.25, 0.3) is 0 Å².